The predicted octanol–water partition coefficient (Wildman–Crippen LogP) is 3.68. The second kappa shape index (κ2) is 7.95. The molecule has 0 saturated carbocycles. The highest BCUT2D eigenvalue weighted by Crippen LogP contribution is 2.37. The van der Waals surface area contributed by atoms with Gasteiger partial charge in [0, 0.05) is 23.5 Å². The van der Waals surface area contributed by atoms with Gasteiger partial charge >= 0.3 is 12.4 Å². The number of aryl methyl sites for hydroxylation is 1. The molecule has 166 valence electrons. The normalized spacial score (nSPS) is 15.3. The third-order valence-electron chi connectivity index (χ3n) is 5.11. The SMILES string of the molecule is CC[C@@H](C(=O)NCCn1nc(C(F)(F)F)cc1C)n1nc(C(F)(F)F)c2c1CCC2. The summed E-state index contributed by atoms with van der Waals surface area (Å²) < 4.78 is 80.3. The third kappa shape index (κ3) is 4.31. The fourth-order valence-electron chi connectivity index (χ4n) is 3.70. The number of alkyl halides is 6. The fraction of sp³-hybridized carbons (Fsp3) is 0.611. The molecule has 1 amide bonds. The maximum atomic E-state index is 13.3. The quantitative estimate of drug-likeness (QED) is 0.702. The maximum absolute atomic E-state index is 13.3. The summed E-state index contributed by atoms with van der Waals surface area (Å²) in [6.45, 7) is 3.10. The average Bonchev–Trinajstić information content (AvgIpc) is 3.31. The minimum Gasteiger partial charge on any atom is -0.352 e. The first-order valence-corrected chi connectivity index (χ1v) is 9.50. The molecule has 3 rings (SSSR count). The van der Waals surface area contributed by atoms with Crippen molar-refractivity contribution < 1.29 is 31.1 Å². The van der Waals surface area contributed by atoms with Crippen molar-refractivity contribution in [3.8, 4) is 0 Å². The van der Waals surface area contributed by atoms with E-state index in [9.17, 15) is 31.1 Å². The van der Waals surface area contributed by atoms with Crippen molar-refractivity contribution in [1.29, 1.82) is 0 Å². The van der Waals surface area contributed by atoms with Gasteiger partial charge in [0.15, 0.2) is 11.4 Å². The first kappa shape index (κ1) is 22.2. The van der Waals surface area contributed by atoms with Crippen LogP contribution in [0.5, 0.6) is 0 Å². The molecule has 0 unspecified atom stereocenters. The van der Waals surface area contributed by atoms with Crippen molar-refractivity contribution in [3.63, 3.8) is 0 Å². The highest BCUT2D eigenvalue weighted by Gasteiger charge is 2.41. The molecule has 0 saturated heterocycles. The number of amides is 1. The molecule has 0 spiro atoms. The lowest BCUT2D eigenvalue weighted by Crippen LogP contribution is -2.35. The van der Waals surface area contributed by atoms with Gasteiger partial charge in [-0.15, -0.1) is 0 Å². The van der Waals surface area contributed by atoms with E-state index in [0.717, 1.165) is 15.4 Å². The van der Waals surface area contributed by atoms with Crippen molar-refractivity contribution in [2.24, 2.45) is 0 Å². The molecule has 0 bridgehead atoms. The van der Waals surface area contributed by atoms with Crippen LogP contribution in [0.15, 0.2) is 6.07 Å². The number of aromatic nitrogens is 4. The molecule has 2 aromatic rings. The van der Waals surface area contributed by atoms with Gasteiger partial charge in [-0.1, -0.05) is 6.92 Å². The molecular weight excluding hydrogens is 416 g/mol. The average molecular weight is 437 g/mol. The smallest absolute Gasteiger partial charge is 0.352 e. The Morgan fingerprint density at radius 1 is 1.17 bits per heavy atom. The first-order valence-electron chi connectivity index (χ1n) is 9.50. The molecule has 12 heteroatoms. The Labute approximate surface area is 168 Å². The molecule has 1 aliphatic carbocycles. The highest BCUT2D eigenvalue weighted by molar-refractivity contribution is 5.80. The number of halogens is 6. The minimum atomic E-state index is -4.59. The van der Waals surface area contributed by atoms with Crippen LogP contribution < -0.4 is 5.32 Å². The van der Waals surface area contributed by atoms with Gasteiger partial charge < -0.3 is 5.32 Å². The molecule has 2 heterocycles. The molecule has 1 N–H and O–H groups in total. The molecule has 6 nitrogen and oxygen atoms in total. The maximum Gasteiger partial charge on any atom is 0.435 e. The van der Waals surface area contributed by atoms with Gasteiger partial charge in [0.2, 0.25) is 5.91 Å². The van der Waals surface area contributed by atoms with Crippen LogP contribution in [0.1, 0.15) is 54.1 Å². The molecule has 1 aliphatic rings. The van der Waals surface area contributed by atoms with Crippen molar-refractivity contribution in [3.05, 3.63) is 34.4 Å². The molecule has 30 heavy (non-hydrogen) atoms. The van der Waals surface area contributed by atoms with Crippen LogP contribution in [-0.4, -0.2) is 32.0 Å². The number of fused-ring (bicyclic) bond motifs is 1. The van der Waals surface area contributed by atoms with Gasteiger partial charge in [-0.2, -0.15) is 36.5 Å². The summed E-state index contributed by atoms with van der Waals surface area (Å²) in [5.41, 5.74) is -1.14. The summed E-state index contributed by atoms with van der Waals surface area (Å²) in [4.78, 5) is 12.6. The van der Waals surface area contributed by atoms with Gasteiger partial charge in [0.05, 0.1) is 6.54 Å². The molecule has 2 aromatic heterocycles. The predicted molar refractivity (Wildman–Crippen MR) is 93.6 cm³/mol. The summed E-state index contributed by atoms with van der Waals surface area (Å²) in [5.74, 6) is -0.538. The van der Waals surface area contributed by atoms with Crippen LogP contribution in [-0.2, 0) is 36.5 Å². The van der Waals surface area contributed by atoms with Crippen LogP contribution in [0, 0.1) is 6.92 Å². The van der Waals surface area contributed by atoms with Crippen molar-refractivity contribution >= 4 is 5.91 Å². The Kier molecular flexibility index (Phi) is 5.87. The highest BCUT2D eigenvalue weighted by atomic mass is 19.4. The summed E-state index contributed by atoms with van der Waals surface area (Å²) in [7, 11) is 0. The topological polar surface area (TPSA) is 64.7 Å². The number of carbonyl (C=O) groups is 1. The zero-order chi connectivity index (χ0) is 22.3. The standard InChI is InChI=1S/C18H21F6N5O/c1-3-12(29-13-6-4-5-11(13)15(27-29)18(22,23)24)16(30)25-7-8-28-10(2)9-14(26-28)17(19,20)21/h9,12H,3-8H2,1-2H3,(H,25,30)/t12-/m0/s1. The fourth-order valence-corrected chi connectivity index (χ4v) is 3.70. The lowest BCUT2D eigenvalue weighted by atomic mass is 10.1. The summed E-state index contributed by atoms with van der Waals surface area (Å²) in [6.07, 6.45) is -7.70. The van der Waals surface area contributed by atoms with Crippen LogP contribution in [0.4, 0.5) is 26.3 Å². The molecule has 0 aromatic carbocycles. The second-order valence-electron chi connectivity index (χ2n) is 7.18. The Hall–Kier alpha value is -2.53. The monoisotopic (exact) mass is 437 g/mol. The van der Waals surface area contributed by atoms with Gasteiger partial charge in [-0.3, -0.25) is 14.2 Å². The van der Waals surface area contributed by atoms with E-state index in [-0.39, 0.29) is 37.2 Å². The molecule has 0 fully saturated rings. The Morgan fingerprint density at radius 2 is 1.87 bits per heavy atom. The summed E-state index contributed by atoms with van der Waals surface area (Å²) in [5, 5.41) is 9.74. The Morgan fingerprint density at radius 3 is 2.43 bits per heavy atom. The van der Waals surface area contributed by atoms with E-state index in [0.29, 0.717) is 18.5 Å². The molecule has 0 radical (unpaired) electrons. The summed E-state index contributed by atoms with van der Waals surface area (Å²) in [6, 6.07) is -0.0278. The van der Waals surface area contributed by atoms with E-state index < -0.39 is 35.7 Å². The Balaban J connectivity index is 1.71. The van der Waals surface area contributed by atoms with Crippen LogP contribution >= 0.6 is 0 Å². The van der Waals surface area contributed by atoms with E-state index in [1.165, 1.54) is 6.92 Å². The lowest BCUT2D eigenvalue weighted by molar-refractivity contribution is -0.142. The van der Waals surface area contributed by atoms with Crippen molar-refractivity contribution in [2.45, 2.75) is 64.5 Å². The number of rotatable bonds is 6. The van der Waals surface area contributed by atoms with Gasteiger partial charge in [-0.05, 0) is 38.7 Å². The van der Waals surface area contributed by atoms with E-state index in [1.54, 1.807) is 6.92 Å². The number of hydrogen-bond acceptors (Lipinski definition) is 3. The van der Waals surface area contributed by atoms with Crippen molar-refractivity contribution in [2.75, 3.05) is 6.54 Å². The van der Waals surface area contributed by atoms with E-state index in [2.05, 4.69) is 15.5 Å². The van der Waals surface area contributed by atoms with E-state index in [1.807, 2.05) is 0 Å². The largest absolute Gasteiger partial charge is 0.435 e. The van der Waals surface area contributed by atoms with E-state index >= 15 is 0 Å². The van der Waals surface area contributed by atoms with Crippen molar-refractivity contribution in [1.82, 2.24) is 24.9 Å². The summed E-state index contributed by atoms with van der Waals surface area (Å²) >= 11 is 0. The number of nitrogens with one attached hydrogen (secondary N) is 1. The number of nitrogens with zero attached hydrogens (tertiary/aromatic N) is 4. The third-order valence-corrected chi connectivity index (χ3v) is 5.11. The zero-order valence-electron chi connectivity index (χ0n) is 16.4. The van der Waals surface area contributed by atoms with Crippen LogP contribution in [0.2, 0.25) is 0 Å². The van der Waals surface area contributed by atoms with E-state index in [4.69, 9.17) is 0 Å². The van der Waals surface area contributed by atoms with Crippen LogP contribution in [0.3, 0.4) is 0 Å². The molecule has 1 atom stereocenters. The Bertz CT molecular complexity index is 927. The molecule has 0 aliphatic heterocycles. The zero-order valence-corrected chi connectivity index (χ0v) is 16.4. The van der Waals surface area contributed by atoms with Crippen LogP contribution in [0.25, 0.3) is 0 Å². The molecular formula is C18H21F6N5O. The lowest BCUT2D eigenvalue weighted by Gasteiger charge is -2.18. The van der Waals surface area contributed by atoms with Gasteiger partial charge in [-0.25, -0.2) is 0 Å². The number of hydrogen-bond donors (Lipinski definition) is 1. The second-order valence-corrected chi connectivity index (χ2v) is 7.18. The van der Waals surface area contributed by atoms with Gasteiger partial charge in [0.1, 0.15) is 6.04 Å². The minimum absolute atomic E-state index is 0.00486. The first-order chi connectivity index (χ1) is 13.9. The van der Waals surface area contributed by atoms with Gasteiger partial charge in [0.25, 0.3) is 0 Å². The number of carbonyl (C=O) groups excluding carboxylic acids is 1.